The van der Waals surface area contributed by atoms with E-state index >= 15 is 0 Å². The molecule has 0 spiro atoms. The highest BCUT2D eigenvalue weighted by atomic mass is 79.9. The van der Waals surface area contributed by atoms with Gasteiger partial charge in [-0.05, 0) is 55.3 Å². The minimum absolute atomic E-state index is 0.107. The summed E-state index contributed by atoms with van der Waals surface area (Å²) >= 11 is 3.28. The van der Waals surface area contributed by atoms with Crippen LogP contribution in [0.4, 0.5) is 5.69 Å². The molecule has 7 heteroatoms. The van der Waals surface area contributed by atoms with Crippen molar-refractivity contribution in [3.05, 3.63) is 58.6 Å². The van der Waals surface area contributed by atoms with Gasteiger partial charge in [-0.2, -0.15) is 0 Å². The smallest absolute Gasteiger partial charge is 0.261 e. The third-order valence-corrected chi connectivity index (χ3v) is 5.75. The van der Waals surface area contributed by atoms with Gasteiger partial charge in [0.15, 0.2) is 0 Å². The van der Waals surface area contributed by atoms with E-state index in [4.69, 9.17) is 0 Å². The molecule has 0 aliphatic heterocycles. The van der Waals surface area contributed by atoms with Crippen LogP contribution in [-0.2, 0) is 10.0 Å². The Kier molecular flexibility index (Phi) is 6.61. The van der Waals surface area contributed by atoms with Crippen LogP contribution in [0, 0.1) is 0 Å². The number of sulfonamides is 1. The first kappa shape index (κ1) is 19.5. The lowest BCUT2D eigenvalue weighted by molar-refractivity contribution is 0.0935. The molecule has 0 aromatic heterocycles. The molecule has 0 saturated heterocycles. The normalized spacial score (nSPS) is 11.4. The van der Waals surface area contributed by atoms with Gasteiger partial charge in [-0.1, -0.05) is 35.8 Å². The Balaban J connectivity index is 2.18. The van der Waals surface area contributed by atoms with Crippen molar-refractivity contribution in [3.63, 3.8) is 0 Å². The van der Waals surface area contributed by atoms with Gasteiger partial charge in [0.1, 0.15) is 0 Å². The molecule has 25 heavy (non-hydrogen) atoms. The van der Waals surface area contributed by atoms with Crippen LogP contribution >= 0.6 is 15.9 Å². The van der Waals surface area contributed by atoms with Gasteiger partial charge in [0.2, 0.25) is 0 Å². The van der Waals surface area contributed by atoms with Gasteiger partial charge >= 0.3 is 0 Å². The number of benzene rings is 2. The average molecular weight is 425 g/mol. The molecule has 0 unspecified atom stereocenters. The quantitative estimate of drug-likeness (QED) is 0.699. The van der Waals surface area contributed by atoms with Crippen LogP contribution in [0.2, 0.25) is 0 Å². The Morgan fingerprint density at radius 3 is 2.32 bits per heavy atom. The molecule has 1 amide bonds. The van der Waals surface area contributed by atoms with Crippen LogP contribution in [0.1, 0.15) is 37.0 Å². The number of anilines is 1. The lowest BCUT2D eigenvalue weighted by atomic mass is 10.1. The monoisotopic (exact) mass is 424 g/mol. The number of carbonyl (C=O) groups is 1. The van der Waals surface area contributed by atoms with Crippen molar-refractivity contribution in [3.8, 4) is 0 Å². The fourth-order valence-corrected chi connectivity index (χ4v) is 3.63. The van der Waals surface area contributed by atoms with Crippen molar-refractivity contribution in [2.75, 3.05) is 4.72 Å². The van der Waals surface area contributed by atoms with Crippen LogP contribution in [0.5, 0.6) is 0 Å². The van der Waals surface area contributed by atoms with Gasteiger partial charge in [-0.3, -0.25) is 9.52 Å². The first-order valence-electron chi connectivity index (χ1n) is 8.05. The number of nitrogens with one attached hydrogen (secondary N) is 2. The Labute approximate surface area is 157 Å². The fraction of sp³-hybridized carbons (Fsp3) is 0.278. The summed E-state index contributed by atoms with van der Waals surface area (Å²) in [5.41, 5.74) is 0.767. The SMILES string of the molecule is CCC(CC)NC(=O)c1cccc(NS(=O)(=O)c2ccc(Br)cc2)c1. The van der Waals surface area contributed by atoms with E-state index in [1.165, 1.54) is 18.2 Å². The third-order valence-electron chi connectivity index (χ3n) is 3.82. The van der Waals surface area contributed by atoms with Crippen molar-refractivity contribution in [2.24, 2.45) is 0 Å². The molecule has 0 atom stereocenters. The predicted octanol–water partition coefficient (Wildman–Crippen LogP) is 4.17. The summed E-state index contributed by atoms with van der Waals surface area (Å²) in [6.07, 6.45) is 1.69. The molecule has 0 fully saturated rings. The summed E-state index contributed by atoms with van der Waals surface area (Å²) in [4.78, 5) is 12.5. The largest absolute Gasteiger partial charge is 0.349 e. The highest BCUT2D eigenvalue weighted by molar-refractivity contribution is 9.10. The van der Waals surface area contributed by atoms with Gasteiger partial charge in [0, 0.05) is 21.8 Å². The van der Waals surface area contributed by atoms with E-state index in [1.54, 1.807) is 30.3 Å². The molecule has 0 radical (unpaired) electrons. The van der Waals surface area contributed by atoms with Crippen LogP contribution < -0.4 is 10.0 Å². The summed E-state index contributed by atoms with van der Waals surface area (Å²) in [7, 11) is -3.71. The van der Waals surface area contributed by atoms with Gasteiger partial charge < -0.3 is 5.32 Å². The second-order valence-corrected chi connectivity index (χ2v) is 8.23. The highest BCUT2D eigenvalue weighted by Gasteiger charge is 2.16. The van der Waals surface area contributed by atoms with Crippen LogP contribution in [0.3, 0.4) is 0 Å². The van der Waals surface area contributed by atoms with E-state index in [0.29, 0.717) is 11.3 Å². The molecule has 2 rings (SSSR count). The van der Waals surface area contributed by atoms with E-state index < -0.39 is 10.0 Å². The average Bonchev–Trinajstić information content (AvgIpc) is 2.59. The van der Waals surface area contributed by atoms with Crippen LogP contribution in [-0.4, -0.2) is 20.4 Å². The van der Waals surface area contributed by atoms with E-state index in [9.17, 15) is 13.2 Å². The van der Waals surface area contributed by atoms with E-state index in [2.05, 4.69) is 26.0 Å². The van der Waals surface area contributed by atoms with Gasteiger partial charge in [0.25, 0.3) is 15.9 Å². The second-order valence-electron chi connectivity index (χ2n) is 5.63. The van der Waals surface area contributed by atoms with Crippen molar-refractivity contribution < 1.29 is 13.2 Å². The number of rotatable bonds is 7. The Morgan fingerprint density at radius 2 is 1.72 bits per heavy atom. The lowest BCUT2D eigenvalue weighted by Gasteiger charge is -2.15. The molecule has 5 nitrogen and oxygen atoms in total. The Bertz CT molecular complexity index is 832. The summed E-state index contributed by atoms with van der Waals surface area (Å²) in [6, 6.07) is 12.9. The number of hydrogen-bond donors (Lipinski definition) is 2. The zero-order valence-corrected chi connectivity index (χ0v) is 16.5. The van der Waals surface area contributed by atoms with E-state index in [1.807, 2.05) is 13.8 Å². The predicted molar refractivity (Wildman–Crippen MR) is 103 cm³/mol. The number of amides is 1. The van der Waals surface area contributed by atoms with Crippen LogP contribution in [0.25, 0.3) is 0 Å². The first-order chi connectivity index (χ1) is 11.9. The molecule has 2 aromatic rings. The number of carbonyl (C=O) groups excluding carboxylic acids is 1. The summed E-state index contributed by atoms with van der Waals surface area (Å²) in [5.74, 6) is -0.210. The molecule has 0 heterocycles. The van der Waals surface area contributed by atoms with Crippen molar-refractivity contribution in [2.45, 2.75) is 37.6 Å². The van der Waals surface area contributed by atoms with Gasteiger partial charge in [-0.25, -0.2) is 8.42 Å². The van der Waals surface area contributed by atoms with Gasteiger partial charge in [-0.15, -0.1) is 0 Å². The number of hydrogen-bond acceptors (Lipinski definition) is 3. The molecule has 2 N–H and O–H groups in total. The van der Waals surface area contributed by atoms with Crippen LogP contribution in [0.15, 0.2) is 57.9 Å². The molecular weight excluding hydrogens is 404 g/mol. The minimum Gasteiger partial charge on any atom is -0.349 e. The number of halogens is 1. The standard InChI is InChI=1S/C18H21BrN2O3S/c1-3-15(4-2)20-18(22)13-6-5-7-16(12-13)21-25(23,24)17-10-8-14(19)9-11-17/h5-12,15,21H,3-4H2,1-2H3,(H,20,22). The summed E-state index contributed by atoms with van der Waals surface area (Å²) < 4.78 is 28.2. The summed E-state index contributed by atoms with van der Waals surface area (Å²) in [6.45, 7) is 4.02. The molecule has 0 aliphatic rings. The Hall–Kier alpha value is -1.86. The van der Waals surface area contributed by atoms with Crippen molar-refractivity contribution >= 4 is 37.5 Å². The third kappa shape index (κ3) is 5.31. The lowest BCUT2D eigenvalue weighted by Crippen LogP contribution is -2.33. The molecular formula is C18H21BrN2O3S. The van der Waals surface area contributed by atoms with E-state index in [-0.39, 0.29) is 16.8 Å². The zero-order chi connectivity index (χ0) is 18.4. The molecule has 2 aromatic carbocycles. The topological polar surface area (TPSA) is 75.3 Å². The maximum atomic E-state index is 12.4. The maximum absolute atomic E-state index is 12.4. The highest BCUT2D eigenvalue weighted by Crippen LogP contribution is 2.19. The summed E-state index contributed by atoms with van der Waals surface area (Å²) in [5, 5.41) is 2.94. The molecule has 134 valence electrons. The fourth-order valence-electron chi connectivity index (χ4n) is 2.31. The molecule has 0 aliphatic carbocycles. The zero-order valence-electron chi connectivity index (χ0n) is 14.1. The Morgan fingerprint density at radius 1 is 1.08 bits per heavy atom. The van der Waals surface area contributed by atoms with Crippen molar-refractivity contribution in [1.29, 1.82) is 0 Å². The van der Waals surface area contributed by atoms with Gasteiger partial charge in [0.05, 0.1) is 4.90 Å². The molecule has 0 bridgehead atoms. The molecule has 0 saturated carbocycles. The van der Waals surface area contributed by atoms with E-state index in [0.717, 1.165) is 17.3 Å². The first-order valence-corrected chi connectivity index (χ1v) is 10.3. The minimum atomic E-state index is -3.71. The maximum Gasteiger partial charge on any atom is 0.261 e. The van der Waals surface area contributed by atoms with Crippen molar-refractivity contribution in [1.82, 2.24) is 5.32 Å². The second kappa shape index (κ2) is 8.49.